The van der Waals surface area contributed by atoms with Crippen LogP contribution in [0.15, 0.2) is 33.6 Å². The Morgan fingerprint density at radius 2 is 1.81 bits per heavy atom. The molecule has 1 N–H and O–H groups in total. The fraction of sp³-hybridized carbons (Fsp3) is 0.500. The van der Waals surface area contributed by atoms with Crippen LogP contribution in [0.25, 0.3) is 0 Å². The molecule has 0 unspecified atom stereocenters. The molecule has 0 heterocycles. The zero-order valence-electron chi connectivity index (χ0n) is 12.3. The molecule has 21 heavy (non-hydrogen) atoms. The minimum absolute atomic E-state index is 0.181. The largest absolute Gasteiger partial charge is 0.460 e. The molecule has 1 rings (SSSR count). The highest BCUT2D eigenvalue weighted by molar-refractivity contribution is 9.10. The van der Waals surface area contributed by atoms with Crippen LogP contribution in [0.3, 0.4) is 0 Å². The Balaban J connectivity index is 2.41. The van der Waals surface area contributed by atoms with Crippen molar-refractivity contribution in [2.75, 3.05) is 6.54 Å². The molecule has 0 radical (unpaired) electrons. The maximum Gasteiger partial charge on any atom is 0.306 e. The van der Waals surface area contributed by atoms with Gasteiger partial charge in [0.15, 0.2) is 0 Å². The van der Waals surface area contributed by atoms with E-state index in [-0.39, 0.29) is 23.8 Å². The molecule has 0 aliphatic carbocycles. The highest BCUT2D eigenvalue weighted by Gasteiger charge is 2.17. The number of rotatable bonds is 6. The fourth-order valence-corrected chi connectivity index (χ4v) is 2.87. The van der Waals surface area contributed by atoms with Crippen molar-refractivity contribution in [3.05, 3.63) is 28.7 Å². The predicted octanol–water partition coefficient (Wildman–Crippen LogP) is 2.85. The third-order valence-corrected chi connectivity index (χ3v) is 4.40. The first-order valence-electron chi connectivity index (χ1n) is 6.57. The van der Waals surface area contributed by atoms with Gasteiger partial charge in [0.25, 0.3) is 0 Å². The lowest BCUT2D eigenvalue weighted by molar-refractivity contribution is -0.154. The molecule has 7 heteroatoms. The van der Waals surface area contributed by atoms with Crippen LogP contribution in [0.1, 0.15) is 33.6 Å². The molecular weight excluding hydrogens is 358 g/mol. The van der Waals surface area contributed by atoms with Gasteiger partial charge < -0.3 is 4.74 Å². The molecule has 5 nitrogen and oxygen atoms in total. The maximum atomic E-state index is 12.0. The van der Waals surface area contributed by atoms with Crippen LogP contribution in [0.2, 0.25) is 0 Å². The lowest BCUT2D eigenvalue weighted by atomic mass is 10.2. The smallest absolute Gasteiger partial charge is 0.306 e. The molecule has 0 amide bonds. The molecule has 0 aliphatic heterocycles. The lowest BCUT2D eigenvalue weighted by Crippen LogP contribution is -2.27. The standard InChI is InChI=1S/C14H20BrNO4S/c1-14(2,3)20-13(17)5-4-10-16-21(18,19)12-8-6-11(15)7-9-12/h6-9,16H,4-5,10H2,1-3H3. The van der Waals surface area contributed by atoms with Crippen molar-refractivity contribution in [1.82, 2.24) is 4.72 Å². The van der Waals surface area contributed by atoms with Crippen molar-refractivity contribution in [2.45, 2.75) is 44.1 Å². The zero-order valence-corrected chi connectivity index (χ0v) is 14.8. The topological polar surface area (TPSA) is 72.5 Å². The maximum absolute atomic E-state index is 12.0. The molecule has 0 aromatic heterocycles. The Morgan fingerprint density at radius 3 is 2.33 bits per heavy atom. The summed E-state index contributed by atoms with van der Waals surface area (Å²) < 4.78 is 32.4. The summed E-state index contributed by atoms with van der Waals surface area (Å²) in [6.45, 7) is 5.57. The van der Waals surface area contributed by atoms with Crippen LogP contribution in [-0.2, 0) is 19.6 Å². The van der Waals surface area contributed by atoms with Crippen LogP contribution in [-0.4, -0.2) is 26.5 Å². The van der Waals surface area contributed by atoms with Crippen LogP contribution < -0.4 is 4.72 Å². The van der Waals surface area contributed by atoms with Gasteiger partial charge in [-0.05, 0) is 51.5 Å². The second-order valence-corrected chi connectivity index (χ2v) is 8.22. The molecule has 0 bridgehead atoms. The SMILES string of the molecule is CC(C)(C)OC(=O)CCCNS(=O)(=O)c1ccc(Br)cc1. The summed E-state index contributed by atoms with van der Waals surface area (Å²) in [6, 6.07) is 6.35. The molecule has 0 aliphatic rings. The number of esters is 1. The van der Waals surface area contributed by atoms with E-state index in [1.807, 2.05) is 0 Å². The van der Waals surface area contributed by atoms with E-state index in [4.69, 9.17) is 4.74 Å². The molecule has 0 spiro atoms. The van der Waals surface area contributed by atoms with E-state index in [2.05, 4.69) is 20.7 Å². The van der Waals surface area contributed by atoms with Crippen molar-refractivity contribution in [3.63, 3.8) is 0 Å². The fourth-order valence-electron chi connectivity index (χ4n) is 1.53. The molecule has 0 saturated heterocycles. The van der Waals surface area contributed by atoms with Crippen molar-refractivity contribution in [2.24, 2.45) is 0 Å². The summed E-state index contributed by atoms with van der Waals surface area (Å²) in [5.74, 6) is -0.328. The Labute approximate surface area is 134 Å². The van der Waals surface area contributed by atoms with E-state index in [0.29, 0.717) is 6.42 Å². The molecule has 0 fully saturated rings. The van der Waals surface area contributed by atoms with Crippen molar-refractivity contribution in [3.8, 4) is 0 Å². The van der Waals surface area contributed by atoms with Crippen molar-refractivity contribution >= 4 is 31.9 Å². The van der Waals surface area contributed by atoms with Gasteiger partial charge in [-0.2, -0.15) is 0 Å². The summed E-state index contributed by atoms with van der Waals surface area (Å²) in [5, 5.41) is 0. The second kappa shape index (κ2) is 7.38. The average Bonchev–Trinajstić information content (AvgIpc) is 2.33. The van der Waals surface area contributed by atoms with Crippen LogP contribution >= 0.6 is 15.9 Å². The number of sulfonamides is 1. The van der Waals surface area contributed by atoms with Gasteiger partial charge in [-0.3, -0.25) is 4.79 Å². The van der Waals surface area contributed by atoms with Gasteiger partial charge in [-0.1, -0.05) is 15.9 Å². The predicted molar refractivity (Wildman–Crippen MR) is 84.4 cm³/mol. The number of benzene rings is 1. The monoisotopic (exact) mass is 377 g/mol. The van der Waals surface area contributed by atoms with Crippen LogP contribution in [0, 0.1) is 0 Å². The normalized spacial score (nSPS) is 12.2. The quantitative estimate of drug-likeness (QED) is 0.610. The highest BCUT2D eigenvalue weighted by atomic mass is 79.9. The number of hydrogen-bond acceptors (Lipinski definition) is 4. The highest BCUT2D eigenvalue weighted by Crippen LogP contribution is 2.14. The summed E-state index contributed by atoms with van der Waals surface area (Å²) in [7, 11) is -3.53. The molecule has 1 aromatic carbocycles. The Hall–Kier alpha value is -0.920. The van der Waals surface area contributed by atoms with Gasteiger partial charge >= 0.3 is 5.97 Å². The first-order valence-corrected chi connectivity index (χ1v) is 8.85. The minimum atomic E-state index is -3.53. The first kappa shape index (κ1) is 18.1. The average molecular weight is 378 g/mol. The van der Waals surface area contributed by atoms with Gasteiger partial charge in [0.1, 0.15) is 5.60 Å². The number of hydrogen-bond donors (Lipinski definition) is 1. The van der Waals surface area contributed by atoms with E-state index in [1.165, 1.54) is 12.1 Å². The summed E-state index contributed by atoms with van der Waals surface area (Å²) in [4.78, 5) is 11.7. The third kappa shape index (κ3) is 7.06. The van der Waals surface area contributed by atoms with Gasteiger partial charge in [0, 0.05) is 17.4 Å². The van der Waals surface area contributed by atoms with E-state index >= 15 is 0 Å². The van der Waals surface area contributed by atoms with Crippen molar-refractivity contribution < 1.29 is 17.9 Å². The van der Waals surface area contributed by atoms with E-state index in [0.717, 1.165) is 4.47 Å². The van der Waals surface area contributed by atoms with E-state index < -0.39 is 15.6 Å². The van der Waals surface area contributed by atoms with Gasteiger partial charge in [0.05, 0.1) is 4.90 Å². The Kier molecular flexibility index (Phi) is 6.37. The summed E-state index contributed by atoms with van der Waals surface area (Å²) in [5.41, 5.74) is -0.520. The number of ether oxygens (including phenoxy) is 1. The van der Waals surface area contributed by atoms with Crippen molar-refractivity contribution in [1.29, 1.82) is 0 Å². The van der Waals surface area contributed by atoms with Gasteiger partial charge in [-0.25, -0.2) is 13.1 Å². The first-order chi connectivity index (χ1) is 9.60. The number of halogens is 1. The number of carbonyl (C=O) groups excluding carboxylic acids is 1. The van der Waals surface area contributed by atoms with Gasteiger partial charge in [0.2, 0.25) is 10.0 Å². The summed E-state index contributed by atoms with van der Waals surface area (Å²) in [6.07, 6.45) is 0.574. The minimum Gasteiger partial charge on any atom is -0.460 e. The second-order valence-electron chi connectivity index (χ2n) is 5.54. The Bertz CT molecular complexity index is 576. The summed E-state index contributed by atoms with van der Waals surface area (Å²) >= 11 is 3.25. The molecular formula is C14H20BrNO4S. The van der Waals surface area contributed by atoms with E-state index in [1.54, 1.807) is 32.9 Å². The zero-order chi connectivity index (χ0) is 16.1. The molecule has 0 saturated carbocycles. The number of nitrogens with one attached hydrogen (secondary N) is 1. The van der Waals surface area contributed by atoms with E-state index in [9.17, 15) is 13.2 Å². The molecule has 0 atom stereocenters. The lowest BCUT2D eigenvalue weighted by Gasteiger charge is -2.19. The van der Waals surface area contributed by atoms with Crippen LogP contribution in [0.5, 0.6) is 0 Å². The Morgan fingerprint density at radius 1 is 1.24 bits per heavy atom. The third-order valence-electron chi connectivity index (χ3n) is 2.39. The van der Waals surface area contributed by atoms with Gasteiger partial charge in [-0.15, -0.1) is 0 Å². The molecule has 118 valence electrons. The molecule has 1 aromatic rings. The van der Waals surface area contributed by atoms with Crippen LogP contribution in [0.4, 0.5) is 0 Å². The number of carbonyl (C=O) groups is 1.